The molecule has 0 aliphatic rings. The van der Waals surface area contributed by atoms with E-state index in [2.05, 4.69) is 4.98 Å². The first-order valence-corrected chi connectivity index (χ1v) is 8.08. The number of pyridine rings is 1. The van der Waals surface area contributed by atoms with Crippen LogP contribution in [0.1, 0.15) is 29.4 Å². The van der Waals surface area contributed by atoms with E-state index in [1.165, 1.54) is 19.1 Å². The summed E-state index contributed by atoms with van der Waals surface area (Å²) in [6.07, 6.45) is -1.35. The number of aryl methyl sites for hydroxylation is 2. The number of aliphatic carboxylic acids is 1. The van der Waals surface area contributed by atoms with Gasteiger partial charge in [0.05, 0.1) is 6.54 Å². The molecule has 7 nitrogen and oxygen atoms in total. The summed E-state index contributed by atoms with van der Waals surface area (Å²) in [6, 6.07) is 9.53. The van der Waals surface area contributed by atoms with Gasteiger partial charge in [0.15, 0.2) is 0 Å². The molecule has 2 aromatic rings. The van der Waals surface area contributed by atoms with Crippen molar-refractivity contribution in [3.63, 3.8) is 0 Å². The Hall–Kier alpha value is -3.09. The van der Waals surface area contributed by atoms with E-state index in [-0.39, 0.29) is 18.7 Å². The number of phenolic OH excluding ortho intramolecular Hbond substituents is 1. The highest BCUT2D eigenvalue weighted by Gasteiger charge is 2.42. The average Bonchev–Trinajstić information content (AvgIpc) is 2.53. The smallest absolute Gasteiger partial charge is 0.408 e. The number of nitrogens with zero attached hydrogens (tertiary/aromatic N) is 2. The first kappa shape index (κ1) is 19.2. The average molecular weight is 358 g/mol. The Bertz CT molecular complexity index is 799. The second-order valence-electron chi connectivity index (χ2n) is 6.55. The number of carboxylic acids is 1. The standard InChI is InChI=1S/C19H22N2O5/c1-12-8-15(9-13(2)20-12)11-21(18(25)26)19(3,17(23)24)10-14-4-6-16(22)7-5-14/h4-9,22H,10-11H2,1-3H3,(H,23,24)(H,25,26). The number of aromatic nitrogens is 1. The molecule has 0 saturated carbocycles. The van der Waals surface area contributed by atoms with Crippen molar-refractivity contribution >= 4 is 12.1 Å². The van der Waals surface area contributed by atoms with Crippen molar-refractivity contribution in [1.82, 2.24) is 9.88 Å². The minimum absolute atomic E-state index is 0.0298. The summed E-state index contributed by atoms with van der Waals surface area (Å²) >= 11 is 0. The molecule has 7 heteroatoms. The molecule has 138 valence electrons. The lowest BCUT2D eigenvalue weighted by molar-refractivity contribution is -0.149. The van der Waals surface area contributed by atoms with Crippen LogP contribution in [-0.4, -0.2) is 42.8 Å². The lowest BCUT2D eigenvalue weighted by atomic mass is 9.90. The molecule has 3 N–H and O–H groups in total. The van der Waals surface area contributed by atoms with E-state index >= 15 is 0 Å². The number of phenols is 1. The Kier molecular flexibility index (Phi) is 5.50. The Morgan fingerprint density at radius 1 is 1.04 bits per heavy atom. The van der Waals surface area contributed by atoms with Crippen molar-refractivity contribution in [3.05, 3.63) is 58.9 Å². The van der Waals surface area contributed by atoms with Crippen molar-refractivity contribution in [3.8, 4) is 5.75 Å². The summed E-state index contributed by atoms with van der Waals surface area (Å²) in [6.45, 7) is 4.92. The van der Waals surface area contributed by atoms with E-state index in [4.69, 9.17) is 0 Å². The van der Waals surface area contributed by atoms with E-state index in [0.29, 0.717) is 11.1 Å². The molecule has 1 aromatic carbocycles. The molecule has 0 fully saturated rings. The molecular formula is C19H22N2O5. The van der Waals surface area contributed by atoms with Crippen LogP contribution in [0.4, 0.5) is 4.79 Å². The van der Waals surface area contributed by atoms with Gasteiger partial charge in [0.2, 0.25) is 0 Å². The molecule has 2 rings (SSSR count). The fourth-order valence-electron chi connectivity index (χ4n) is 2.95. The third kappa shape index (κ3) is 4.30. The summed E-state index contributed by atoms with van der Waals surface area (Å²) in [5.41, 5.74) is 1.09. The predicted molar refractivity (Wildman–Crippen MR) is 95.1 cm³/mol. The maximum atomic E-state index is 12.0. The first-order valence-electron chi connectivity index (χ1n) is 8.08. The summed E-state index contributed by atoms with van der Waals surface area (Å²) in [5.74, 6) is -1.18. The van der Waals surface area contributed by atoms with Crippen LogP contribution in [0.3, 0.4) is 0 Å². The second-order valence-corrected chi connectivity index (χ2v) is 6.55. The van der Waals surface area contributed by atoms with Crippen LogP contribution >= 0.6 is 0 Å². The van der Waals surface area contributed by atoms with Crippen molar-refractivity contribution in [1.29, 1.82) is 0 Å². The van der Waals surface area contributed by atoms with Crippen molar-refractivity contribution in [2.75, 3.05) is 0 Å². The Morgan fingerprint density at radius 2 is 1.58 bits per heavy atom. The van der Waals surface area contributed by atoms with Gasteiger partial charge >= 0.3 is 12.1 Å². The third-order valence-electron chi connectivity index (χ3n) is 4.25. The second kappa shape index (κ2) is 7.43. The fourth-order valence-corrected chi connectivity index (χ4v) is 2.95. The molecule has 0 spiro atoms. The van der Waals surface area contributed by atoms with Crippen LogP contribution in [0.25, 0.3) is 0 Å². The van der Waals surface area contributed by atoms with Gasteiger partial charge in [-0.2, -0.15) is 0 Å². The van der Waals surface area contributed by atoms with E-state index in [9.17, 15) is 24.9 Å². The Morgan fingerprint density at radius 3 is 2.04 bits per heavy atom. The molecule has 0 saturated heterocycles. The molecule has 0 aliphatic heterocycles. The van der Waals surface area contributed by atoms with Gasteiger partial charge < -0.3 is 15.3 Å². The highest BCUT2D eigenvalue weighted by atomic mass is 16.4. The number of benzene rings is 1. The van der Waals surface area contributed by atoms with Gasteiger partial charge in [0.1, 0.15) is 11.3 Å². The molecular weight excluding hydrogens is 336 g/mol. The van der Waals surface area contributed by atoms with E-state index < -0.39 is 17.6 Å². The van der Waals surface area contributed by atoms with Crippen LogP contribution in [0, 0.1) is 13.8 Å². The van der Waals surface area contributed by atoms with Crippen LogP contribution in [0.2, 0.25) is 0 Å². The lowest BCUT2D eigenvalue weighted by Crippen LogP contribution is -2.55. The zero-order valence-electron chi connectivity index (χ0n) is 14.9. The monoisotopic (exact) mass is 358 g/mol. The minimum atomic E-state index is -1.67. The molecule has 1 heterocycles. The van der Waals surface area contributed by atoms with E-state index in [1.807, 2.05) is 0 Å². The van der Waals surface area contributed by atoms with Gasteiger partial charge in [0, 0.05) is 17.8 Å². The van der Waals surface area contributed by atoms with Gasteiger partial charge in [-0.15, -0.1) is 0 Å². The molecule has 1 amide bonds. The van der Waals surface area contributed by atoms with Crippen molar-refractivity contribution < 1.29 is 24.9 Å². The SMILES string of the molecule is Cc1cc(CN(C(=O)O)C(C)(Cc2ccc(O)cc2)C(=O)O)cc(C)n1. The Labute approximate surface area is 151 Å². The molecule has 1 atom stereocenters. The normalized spacial score (nSPS) is 13.0. The summed E-state index contributed by atoms with van der Waals surface area (Å²) in [7, 11) is 0. The number of hydrogen-bond donors (Lipinski definition) is 3. The quantitative estimate of drug-likeness (QED) is 0.732. The topological polar surface area (TPSA) is 111 Å². The zero-order valence-corrected chi connectivity index (χ0v) is 14.9. The van der Waals surface area contributed by atoms with Gasteiger partial charge in [0.25, 0.3) is 0 Å². The maximum Gasteiger partial charge on any atom is 0.408 e. The number of amides is 1. The molecule has 0 radical (unpaired) electrons. The number of rotatable bonds is 6. The number of carboxylic acid groups (broad SMARTS) is 2. The maximum absolute atomic E-state index is 12.0. The van der Waals surface area contributed by atoms with Gasteiger partial charge in [-0.3, -0.25) is 9.88 Å². The van der Waals surface area contributed by atoms with E-state index in [1.54, 1.807) is 38.1 Å². The van der Waals surface area contributed by atoms with Crippen molar-refractivity contribution in [2.24, 2.45) is 0 Å². The highest BCUT2D eigenvalue weighted by Crippen LogP contribution is 2.25. The number of hydrogen-bond acceptors (Lipinski definition) is 4. The van der Waals surface area contributed by atoms with Crippen LogP contribution in [0.15, 0.2) is 36.4 Å². The van der Waals surface area contributed by atoms with Gasteiger partial charge in [-0.25, -0.2) is 9.59 Å². The molecule has 1 aromatic heterocycles. The number of aromatic hydroxyl groups is 1. The number of carbonyl (C=O) groups is 2. The van der Waals surface area contributed by atoms with Gasteiger partial charge in [-0.05, 0) is 56.2 Å². The lowest BCUT2D eigenvalue weighted by Gasteiger charge is -2.36. The summed E-state index contributed by atoms with van der Waals surface area (Å²) in [5, 5.41) is 28.9. The van der Waals surface area contributed by atoms with E-state index in [0.717, 1.165) is 16.3 Å². The van der Waals surface area contributed by atoms with Crippen molar-refractivity contribution in [2.45, 2.75) is 39.3 Å². The zero-order chi connectivity index (χ0) is 19.5. The third-order valence-corrected chi connectivity index (χ3v) is 4.25. The van der Waals surface area contributed by atoms with Crippen LogP contribution < -0.4 is 0 Å². The van der Waals surface area contributed by atoms with Crippen LogP contribution in [-0.2, 0) is 17.8 Å². The fraction of sp³-hybridized carbons (Fsp3) is 0.316. The molecule has 0 aliphatic carbocycles. The van der Waals surface area contributed by atoms with Gasteiger partial charge in [-0.1, -0.05) is 12.1 Å². The highest BCUT2D eigenvalue weighted by molar-refractivity contribution is 5.84. The Balaban J connectivity index is 2.39. The summed E-state index contributed by atoms with van der Waals surface area (Å²) < 4.78 is 0. The molecule has 1 unspecified atom stereocenters. The molecule has 0 bridgehead atoms. The minimum Gasteiger partial charge on any atom is -0.508 e. The van der Waals surface area contributed by atoms with Crippen LogP contribution in [0.5, 0.6) is 5.75 Å². The summed E-state index contributed by atoms with van der Waals surface area (Å²) in [4.78, 5) is 29.1. The first-order chi connectivity index (χ1) is 12.1. The largest absolute Gasteiger partial charge is 0.508 e. The molecule has 26 heavy (non-hydrogen) atoms. The predicted octanol–water partition coefficient (Wildman–Crippen LogP) is 2.97.